The van der Waals surface area contributed by atoms with E-state index in [1.54, 1.807) is 7.11 Å². The summed E-state index contributed by atoms with van der Waals surface area (Å²) in [6.45, 7) is 5.24. The summed E-state index contributed by atoms with van der Waals surface area (Å²) < 4.78 is 30.9. The van der Waals surface area contributed by atoms with Crippen molar-refractivity contribution in [1.82, 2.24) is 14.5 Å². The van der Waals surface area contributed by atoms with Crippen LogP contribution in [0.1, 0.15) is 26.2 Å². The average Bonchev–Trinajstić information content (AvgIpc) is 2.54. The van der Waals surface area contributed by atoms with E-state index in [9.17, 15) is 13.2 Å². The number of amides is 1. The maximum Gasteiger partial charge on any atom is 0.225 e. The van der Waals surface area contributed by atoms with Gasteiger partial charge in [0.05, 0.1) is 5.75 Å². The lowest BCUT2D eigenvalue weighted by atomic mass is 9.92. The molecule has 0 aromatic carbocycles. The van der Waals surface area contributed by atoms with Gasteiger partial charge >= 0.3 is 0 Å². The van der Waals surface area contributed by atoms with Gasteiger partial charge in [0.25, 0.3) is 0 Å². The first-order valence-corrected chi connectivity index (χ1v) is 10.0. The Kier molecular flexibility index (Phi) is 6.82. The second kappa shape index (κ2) is 8.41. The van der Waals surface area contributed by atoms with Gasteiger partial charge in [-0.1, -0.05) is 0 Å². The number of hydrogen-bond acceptors (Lipinski definition) is 5. The fourth-order valence-electron chi connectivity index (χ4n) is 3.32. The smallest absolute Gasteiger partial charge is 0.225 e. The van der Waals surface area contributed by atoms with Gasteiger partial charge in [-0.05, 0) is 32.7 Å². The highest BCUT2D eigenvalue weighted by molar-refractivity contribution is 7.89. The van der Waals surface area contributed by atoms with Crippen LogP contribution < -0.4 is 5.32 Å². The summed E-state index contributed by atoms with van der Waals surface area (Å²) >= 11 is 0. The van der Waals surface area contributed by atoms with E-state index in [4.69, 9.17) is 4.74 Å². The van der Waals surface area contributed by atoms with E-state index < -0.39 is 10.0 Å². The number of piperazine rings is 1. The monoisotopic (exact) mass is 347 g/mol. The second-order valence-electron chi connectivity index (χ2n) is 6.46. The van der Waals surface area contributed by atoms with Gasteiger partial charge in [-0.3, -0.25) is 4.79 Å². The molecule has 134 valence electrons. The minimum Gasteiger partial charge on any atom is -0.385 e. The second-order valence-corrected chi connectivity index (χ2v) is 8.55. The Morgan fingerprint density at radius 2 is 1.96 bits per heavy atom. The molecule has 0 bridgehead atoms. The lowest BCUT2D eigenvalue weighted by Gasteiger charge is -2.37. The Balaban J connectivity index is 1.82. The molecule has 2 atom stereocenters. The standard InChI is InChI=1S/C15H29N3O4S/c1-13-12-14(4-5-16-13)15(19)17-6-8-18(9-7-17)23(20,21)11-3-10-22-2/h13-14,16H,3-12H2,1-2H3/t13-,14-/m0/s1. The molecule has 0 aromatic rings. The number of sulfonamides is 1. The number of nitrogens with one attached hydrogen (secondary N) is 1. The van der Waals surface area contributed by atoms with Crippen molar-refractivity contribution in [2.45, 2.75) is 32.2 Å². The van der Waals surface area contributed by atoms with Gasteiger partial charge in [0.1, 0.15) is 0 Å². The first-order chi connectivity index (χ1) is 10.9. The van der Waals surface area contributed by atoms with Crippen LogP contribution in [0.25, 0.3) is 0 Å². The summed E-state index contributed by atoms with van der Waals surface area (Å²) in [5.41, 5.74) is 0. The number of nitrogens with zero attached hydrogens (tertiary/aromatic N) is 2. The molecule has 23 heavy (non-hydrogen) atoms. The van der Waals surface area contributed by atoms with Gasteiger partial charge in [-0.15, -0.1) is 0 Å². The third-order valence-corrected chi connectivity index (χ3v) is 6.62. The van der Waals surface area contributed by atoms with Gasteiger partial charge in [-0.2, -0.15) is 4.31 Å². The van der Waals surface area contributed by atoms with Crippen molar-refractivity contribution in [2.75, 3.05) is 52.2 Å². The molecule has 1 amide bonds. The molecule has 0 saturated carbocycles. The van der Waals surface area contributed by atoms with E-state index >= 15 is 0 Å². The summed E-state index contributed by atoms with van der Waals surface area (Å²) in [6, 6.07) is 0.375. The Morgan fingerprint density at radius 3 is 2.57 bits per heavy atom. The summed E-state index contributed by atoms with van der Waals surface area (Å²) in [5, 5.41) is 3.35. The van der Waals surface area contributed by atoms with Gasteiger partial charge in [0.2, 0.25) is 15.9 Å². The van der Waals surface area contributed by atoms with Crippen LogP contribution >= 0.6 is 0 Å². The highest BCUT2D eigenvalue weighted by Crippen LogP contribution is 2.20. The number of rotatable bonds is 6. The van der Waals surface area contributed by atoms with E-state index in [1.165, 1.54) is 4.31 Å². The Morgan fingerprint density at radius 1 is 1.26 bits per heavy atom. The summed E-state index contributed by atoms with van der Waals surface area (Å²) in [4.78, 5) is 14.4. The molecule has 2 aliphatic heterocycles. The Bertz CT molecular complexity index is 489. The quantitative estimate of drug-likeness (QED) is 0.678. The highest BCUT2D eigenvalue weighted by Gasteiger charge is 2.32. The van der Waals surface area contributed by atoms with Crippen LogP contribution in [0.4, 0.5) is 0 Å². The number of ether oxygens (including phenoxy) is 1. The fourth-order valence-corrected chi connectivity index (χ4v) is 4.78. The maximum atomic E-state index is 12.6. The molecule has 2 rings (SSSR count). The first-order valence-electron chi connectivity index (χ1n) is 8.43. The summed E-state index contributed by atoms with van der Waals surface area (Å²) in [6.07, 6.45) is 2.25. The number of carbonyl (C=O) groups is 1. The lowest BCUT2D eigenvalue weighted by molar-refractivity contribution is -0.137. The predicted octanol–water partition coefficient (Wildman–Crippen LogP) is -0.115. The molecule has 1 N–H and O–H groups in total. The Hall–Kier alpha value is -0.700. The number of carbonyl (C=O) groups excluding carboxylic acids is 1. The molecule has 2 fully saturated rings. The largest absolute Gasteiger partial charge is 0.385 e. The van der Waals surface area contributed by atoms with Crippen LogP contribution in [0, 0.1) is 5.92 Å². The molecule has 2 saturated heterocycles. The molecule has 0 spiro atoms. The maximum absolute atomic E-state index is 12.6. The topological polar surface area (TPSA) is 79.0 Å². The molecule has 7 nitrogen and oxygen atoms in total. The summed E-state index contributed by atoms with van der Waals surface area (Å²) in [5.74, 6) is 0.381. The normalized spacial score (nSPS) is 27.1. The first kappa shape index (κ1) is 18.6. The van der Waals surface area contributed by atoms with Crippen molar-refractivity contribution in [3.05, 3.63) is 0 Å². The number of methoxy groups -OCH3 is 1. The minimum atomic E-state index is -3.23. The van der Waals surface area contributed by atoms with E-state index in [1.807, 2.05) is 4.90 Å². The number of hydrogen-bond donors (Lipinski definition) is 1. The number of piperidine rings is 1. The molecule has 2 aliphatic rings. The fraction of sp³-hybridized carbons (Fsp3) is 0.933. The van der Waals surface area contributed by atoms with Crippen molar-refractivity contribution in [2.24, 2.45) is 5.92 Å². The van der Waals surface area contributed by atoms with Crippen molar-refractivity contribution in [3.8, 4) is 0 Å². The van der Waals surface area contributed by atoms with Crippen molar-refractivity contribution >= 4 is 15.9 Å². The van der Waals surface area contributed by atoms with Crippen LogP contribution in [0.3, 0.4) is 0 Å². The zero-order chi connectivity index (χ0) is 16.9. The third kappa shape index (κ3) is 5.14. The molecular formula is C15H29N3O4S. The molecule has 0 aromatic heterocycles. The predicted molar refractivity (Wildman–Crippen MR) is 88.6 cm³/mol. The zero-order valence-electron chi connectivity index (χ0n) is 14.2. The van der Waals surface area contributed by atoms with Gasteiger partial charge in [-0.25, -0.2) is 8.42 Å². The SMILES string of the molecule is COCCCS(=O)(=O)N1CCN(C(=O)[C@H]2CCN[C@@H](C)C2)CC1. The van der Waals surface area contributed by atoms with Crippen LogP contribution in [0.5, 0.6) is 0 Å². The van der Waals surface area contributed by atoms with E-state index in [0.717, 1.165) is 19.4 Å². The molecule has 0 unspecified atom stereocenters. The van der Waals surface area contributed by atoms with Gasteiger partial charge in [0.15, 0.2) is 0 Å². The van der Waals surface area contributed by atoms with E-state index in [-0.39, 0.29) is 17.6 Å². The van der Waals surface area contributed by atoms with Crippen molar-refractivity contribution in [3.63, 3.8) is 0 Å². The lowest BCUT2D eigenvalue weighted by Crippen LogP contribution is -2.53. The minimum absolute atomic E-state index is 0.0797. The average molecular weight is 347 g/mol. The van der Waals surface area contributed by atoms with Crippen LogP contribution in [-0.4, -0.2) is 81.8 Å². The van der Waals surface area contributed by atoms with Gasteiger partial charge < -0.3 is 15.0 Å². The van der Waals surface area contributed by atoms with Gasteiger partial charge in [0, 0.05) is 51.9 Å². The molecule has 8 heteroatoms. The van der Waals surface area contributed by atoms with Crippen LogP contribution in [0.15, 0.2) is 0 Å². The molecular weight excluding hydrogens is 318 g/mol. The van der Waals surface area contributed by atoms with Crippen molar-refractivity contribution < 1.29 is 17.9 Å². The third-order valence-electron chi connectivity index (χ3n) is 4.67. The zero-order valence-corrected chi connectivity index (χ0v) is 15.0. The van der Waals surface area contributed by atoms with Crippen LogP contribution in [0.2, 0.25) is 0 Å². The molecule has 0 radical (unpaired) electrons. The van der Waals surface area contributed by atoms with E-state index in [0.29, 0.717) is 45.2 Å². The van der Waals surface area contributed by atoms with E-state index in [2.05, 4.69) is 12.2 Å². The molecule has 0 aliphatic carbocycles. The van der Waals surface area contributed by atoms with Crippen LogP contribution in [-0.2, 0) is 19.6 Å². The Labute approximate surface area is 139 Å². The van der Waals surface area contributed by atoms with Crippen molar-refractivity contribution in [1.29, 1.82) is 0 Å². The molecule has 2 heterocycles. The highest BCUT2D eigenvalue weighted by atomic mass is 32.2. The summed E-state index contributed by atoms with van der Waals surface area (Å²) in [7, 11) is -1.66.